The zero-order valence-corrected chi connectivity index (χ0v) is 21.4. The molecule has 9 heteroatoms. The minimum absolute atomic E-state index is 0.0228. The van der Waals surface area contributed by atoms with Crippen LogP contribution in [-0.2, 0) is 11.3 Å². The molecule has 36 heavy (non-hydrogen) atoms. The number of rotatable bonds is 8. The standard InChI is InChI=1S/C27H24Cl2FNO5/c1-5-7-14(3)36-27(35)17-9-11-21(30)18(12-17)22-15(4)31(6-2)24(23(25(22)32)26(33)34)16-8-10-19(28)20(29)13-16/h5,8-14H,1,6-7H2,2-4H3,(H,33,34). The van der Waals surface area contributed by atoms with Crippen molar-refractivity contribution >= 4 is 35.1 Å². The molecule has 0 saturated carbocycles. The Bertz CT molecular complexity index is 1430. The van der Waals surface area contributed by atoms with Gasteiger partial charge in [-0.05, 0) is 51.1 Å². The second kappa shape index (κ2) is 11.1. The number of carboxylic acid groups (broad SMARTS) is 1. The van der Waals surface area contributed by atoms with Crippen molar-refractivity contribution < 1.29 is 23.8 Å². The number of carbonyl (C=O) groups is 2. The smallest absolute Gasteiger partial charge is 0.341 e. The zero-order chi connectivity index (χ0) is 26.7. The van der Waals surface area contributed by atoms with Crippen LogP contribution in [0.1, 0.15) is 46.7 Å². The van der Waals surface area contributed by atoms with Crippen molar-refractivity contribution in [3.05, 3.63) is 92.0 Å². The third-order valence-electron chi connectivity index (χ3n) is 5.73. The second-order valence-electron chi connectivity index (χ2n) is 8.13. The predicted octanol–water partition coefficient (Wildman–Crippen LogP) is 6.78. The van der Waals surface area contributed by atoms with Gasteiger partial charge in [-0.2, -0.15) is 0 Å². The topological polar surface area (TPSA) is 85.6 Å². The highest BCUT2D eigenvalue weighted by Crippen LogP contribution is 2.34. The summed E-state index contributed by atoms with van der Waals surface area (Å²) in [5.41, 5.74) is -0.989. The average molecular weight is 532 g/mol. The molecule has 1 N–H and O–H groups in total. The summed E-state index contributed by atoms with van der Waals surface area (Å²) in [5, 5.41) is 10.5. The molecule has 3 rings (SSSR count). The molecule has 0 saturated heterocycles. The van der Waals surface area contributed by atoms with Gasteiger partial charge in [-0.1, -0.05) is 35.3 Å². The Morgan fingerprint density at radius 2 is 1.89 bits per heavy atom. The number of halogens is 3. The maximum Gasteiger partial charge on any atom is 0.341 e. The molecule has 0 amide bonds. The molecule has 1 unspecified atom stereocenters. The van der Waals surface area contributed by atoms with E-state index in [0.717, 1.165) is 6.07 Å². The van der Waals surface area contributed by atoms with Gasteiger partial charge >= 0.3 is 11.9 Å². The summed E-state index contributed by atoms with van der Waals surface area (Å²) < 4.78 is 22.0. The van der Waals surface area contributed by atoms with Crippen molar-refractivity contribution in [2.75, 3.05) is 0 Å². The van der Waals surface area contributed by atoms with Gasteiger partial charge in [0.05, 0.1) is 26.9 Å². The molecule has 0 fully saturated rings. The van der Waals surface area contributed by atoms with Gasteiger partial charge in [0.1, 0.15) is 17.5 Å². The van der Waals surface area contributed by atoms with E-state index in [2.05, 4.69) is 6.58 Å². The maximum absolute atomic E-state index is 15.1. The molecule has 0 aliphatic rings. The number of aromatic carboxylic acids is 1. The van der Waals surface area contributed by atoms with Crippen LogP contribution in [0.3, 0.4) is 0 Å². The third-order valence-corrected chi connectivity index (χ3v) is 6.47. The Hall–Kier alpha value is -3.42. The van der Waals surface area contributed by atoms with Gasteiger partial charge in [-0.15, -0.1) is 6.58 Å². The molecular weight excluding hydrogens is 508 g/mol. The largest absolute Gasteiger partial charge is 0.477 e. The molecule has 1 heterocycles. The average Bonchev–Trinajstić information content (AvgIpc) is 2.81. The van der Waals surface area contributed by atoms with Crippen molar-refractivity contribution in [2.24, 2.45) is 0 Å². The summed E-state index contributed by atoms with van der Waals surface area (Å²) in [6, 6.07) is 8.03. The summed E-state index contributed by atoms with van der Waals surface area (Å²) in [6.07, 6.45) is 1.58. The van der Waals surface area contributed by atoms with Crippen LogP contribution in [0.15, 0.2) is 53.8 Å². The number of ether oxygens (including phenoxy) is 1. The van der Waals surface area contributed by atoms with Crippen LogP contribution < -0.4 is 5.43 Å². The lowest BCUT2D eigenvalue weighted by atomic mass is 9.95. The molecule has 1 atom stereocenters. The Kier molecular flexibility index (Phi) is 8.38. The number of pyridine rings is 1. The van der Waals surface area contributed by atoms with Crippen molar-refractivity contribution in [1.29, 1.82) is 0 Å². The summed E-state index contributed by atoms with van der Waals surface area (Å²) >= 11 is 12.2. The minimum atomic E-state index is -1.49. The SMILES string of the molecule is C=CCC(C)OC(=O)c1ccc(F)c(-c2c(C)n(CC)c(-c3ccc(Cl)c(Cl)c3)c(C(=O)O)c2=O)c1. The van der Waals surface area contributed by atoms with Gasteiger partial charge in [-0.3, -0.25) is 4.79 Å². The molecule has 0 radical (unpaired) electrons. The van der Waals surface area contributed by atoms with E-state index in [4.69, 9.17) is 27.9 Å². The predicted molar refractivity (Wildman–Crippen MR) is 139 cm³/mol. The lowest BCUT2D eigenvalue weighted by Crippen LogP contribution is -2.25. The van der Waals surface area contributed by atoms with E-state index in [-0.39, 0.29) is 39.0 Å². The molecule has 0 aliphatic carbocycles. The van der Waals surface area contributed by atoms with Gasteiger partial charge in [0.2, 0.25) is 5.43 Å². The first-order valence-electron chi connectivity index (χ1n) is 11.1. The lowest BCUT2D eigenvalue weighted by molar-refractivity contribution is 0.0348. The molecule has 6 nitrogen and oxygen atoms in total. The fourth-order valence-corrected chi connectivity index (χ4v) is 4.36. The molecule has 188 valence electrons. The molecule has 0 bridgehead atoms. The molecule has 2 aromatic carbocycles. The first kappa shape index (κ1) is 27.2. The molecule has 3 aromatic rings. The normalized spacial score (nSPS) is 11.7. The lowest BCUT2D eigenvalue weighted by Gasteiger charge is -2.22. The van der Waals surface area contributed by atoms with Gasteiger partial charge in [0.25, 0.3) is 0 Å². The van der Waals surface area contributed by atoms with Crippen LogP contribution in [0.2, 0.25) is 10.0 Å². The highest BCUT2D eigenvalue weighted by Gasteiger charge is 2.27. The number of hydrogen-bond donors (Lipinski definition) is 1. The number of carboxylic acids is 1. The van der Waals surface area contributed by atoms with Gasteiger partial charge in [-0.25, -0.2) is 14.0 Å². The van der Waals surface area contributed by atoms with Gasteiger partial charge < -0.3 is 14.4 Å². The van der Waals surface area contributed by atoms with Crippen LogP contribution in [0.5, 0.6) is 0 Å². The van der Waals surface area contributed by atoms with Crippen molar-refractivity contribution in [3.8, 4) is 22.4 Å². The molecule has 0 spiro atoms. The summed E-state index contributed by atoms with van der Waals surface area (Å²) in [4.78, 5) is 38.5. The Morgan fingerprint density at radius 1 is 1.19 bits per heavy atom. The van der Waals surface area contributed by atoms with E-state index < -0.39 is 34.9 Å². The maximum atomic E-state index is 15.1. The summed E-state index contributed by atoms with van der Waals surface area (Å²) in [7, 11) is 0. The van der Waals surface area contributed by atoms with Gasteiger partial charge in [0.15, 0.2) is 0 Å². The van der Waals surface area contributed by atoms with Crippen LogP contribution in [0, 0.1) is 12.7 Å². The van der Waals surface area contributed by atoms with E-state index in [0.29, 0.717) is 17.7 Å². The van der Waals surface area contributed by atoms with E-state index in [1.54, 1.807) is 37.5 Å². The van der Waals surface area contributed by atoms with Crippen LogP contribution in [0.4, 0.5) is 4.39 Å². The van der Waals surface area contributed by atoms with E-state index in [1.807, 2.05) is 0 Å². The van der Waals surface area contributed by atoms with E-state index in [9.17, 15) is 19.5 Å². The highest BCUT2D eigenvalue weighted by atomic mass is 35.5. The van der Waals surface area contributed by atoms with Crippen molar-refractivity contribution in [2.45, 2.75) is 39.8 Å². The third kappa shape index (κ3) is 5.22. The second-order valence-corrected chi connectivity index (χ2v) is 8.94. The number of hydrogen-bond acceptors (Lipinski definition) is 4. The minimum Gasteiger partial charge on any atom is -0.477 e. The van der Waals surface area contributed by atoms with E-state index in [1.165, 1.54) is 24.3 Å². The fraction of sp³-hybridized carbons (Fsp3) is 0.222. The Labute approximate surface area is 217 Å². The summed E-state index contributed by atoms with van der Waals surface area (Å²) in [6.45, 7) is 8.90. The number of carbonyl (C=O) groups excluding carboxylic acids is 1. The van der Waals surface area contributed by atoms with Crippen LogP contribution >= 0.6 is 23.2 Å². The Morgan fingerprint density at radius 3 is 2.47 bits per heavy atom. The summed E-state index contributed by atoms with van der Waals surface area (Å²) in [5.74, 6) is -2.98. The molecule has 0 aliphatic heterocycles. The van der Waals surface area contributed by atoms with E-state index >= 15 is 4.39 Å². The van der Waals surface area contributed by atoms with Crippen molar-refractivity contribution in [3.63, 3.8) is 0 Å². The number of esters is 1. The fourth-order valence-electron chi connectivity index (χ4n) is 4.07. The highest BCUT2D eigenvalue weighted by molar-refractivity contribution is 6.42. The zero-order valence-electron chi connectivity index (χ0n) is 19.9. The van der Waals surface area contributed by atoms with Gasteiger partial charge in [0, 0.05) is 29.8 Å². The molecule has 1 aromatic heterocycles. The van der Waals surface area contributed by atoms with Crippen LogP contribution in [-0.4, -0.2) is 27.7 Å². The number of aromatic nitrogens is 1. The first-order chi connectivity index (χ1) is 17.0. The Balaban J connectivity index is 2.31. The monoisotopic (exact) mass is 531 g/mol. The van der Waals surface area contributed by atoms with Crippen LogP contribution in [0.25, 0.3) is 22.4 Å². The number of benzene rings is 2. The quantitative estimate of drug-likeness (QED) is 0.256. The number of nitrogens with zero attached hydrogens (tertiary/aromatic N) is 1. The molecular formula is C27H24Cl2FNO5. The first-order valence-corrected chi connectivity index (χ1v) is 11.8. The van der Waals surface area contributed by atoms with Crippen molar-refractivity contribution in [1.82, 2.24) is 4.57 Å².